The molecule has 0 aliphatic carbocycles. The molecule has 2 aromatic carbocycles. The van der Waals surface area contributed by atoms with Gasteiger partial charge in [-0.3, -0.25) is 9.59 Å². The van der Waals surface area contributed by atoms with E-state index in [1.54, 1.807) is 6.20 Å². The molecule has 3 aliphatic rings. The first kappa shape index (κ1) is 29.9. The Hall–Kier alpha value is -4.11. The fourth-order valence-electron chi connectivity index (χ4n) is 7.16. The lowest BCUT2D eigenvalue weighted by Gasteiger charge is -2.40. The number of carbonyl (C=O) groups excluding carboxylic acids is 2. The minimum absolute atomic E-state index is 0.00820. The summed E-state index contributed by atoms with van der Waals surface area (Å²) in [5, 5.41) is 9.61. The van der Waals surface area contributed by atoms with Crippen molar-refractivity contribution in [3.8, 4) is 0 Å². The Morgan fingerprint density at radius 1 is 0.909 bits per heavy atom. The minimum Gasteiger partial charge on any atom is -0.388 e. The third kappa shape index (κ3) is 6.24. The largest absolute Gasteiger partial charge is 0.388 e. The first-order chi connectivity index (χ1) is 21.3. The van der Waals surface area contributed by atoms with Crippen molar-refractivity contribution in [3.63, 3.8) is 0 Å². The second kappa shape index (κ2) is 12.9. The number of likely N-dealkylation sites (N-methyl/N-ethyl adjacent to an activating group) is 1. The van der Waals surface area contributed by atoms with Gasteiger partial charge in [0.1, 0.15) is 5.82 Å². The quantitative estimate of drug-likeness (QED) is 0.351. The molecule has 9 heteroatoms. The molecular weight excluding hydrogens is 550 g/mol. The van der Waals surface area contributed by atoms with E-state index in [1.165, 1.54) is 5.69 Å². The molecule has 0 saturated carbocycles. The molecule has 4 heterocycles. The number of hydrogen-bond acceptors (Lipinski definition) is 7. The zero-order valence-corrected chi connectivity index (χ0v) is 26.3. The smallest absolute Gasteiger partial charge is 0.253 e. The zero-order valence-electron chi connectivity index (χ0n) is 26.3. The number of benzene rings is 2. The van der Waals surface area contributed by atoms with Gasteiger partial charge in [0.25, 0.3) is 11.8 Å². The van der Waals surface area contributed by atoms with Crippen molar-refractivity contribution in [2.24, 2.45) is 0 Å². The Morgan fingerprint density at radius 3 is 2.25 bits per heavy atom. The SMILES string of the molecule is CNc1cccc(C(=O)N[C@H]2C[C@H]3CC[C@@H](C2)N3c2ccc(C(=O)N[C@@H](C)c3ccc(N4CCN(C)CC4)cc3)cn2)c1C. The fourth-order valence-corrected chi connectivity index (χ4v) is 7.16. The van der Waals surface area contributed by atoms with E-state index in [2.05, 4.69) is 62.0 Å². The highest BCUT2D eigenvalue weighted by molar-refractivity contribution is 5.97. The van der Waals surface area contributed by atoms with Gasteiger partial charge in [-0.05, 0) is 94.1 Å². The summed E-state index contributed by atoms with van der Waals surface area (Å²) in [6.45, 7) is 8.22. The fraction of sp³-hybridized carbons (Fsp3) is 0.457. The highest BCUT2D eigenvalue weighted by atomic mass is 16.2. The summed E-state index contributed by atoms with van der Waals surface area (Å²) in [6.07, 6.45) is 5.64. The van der Waals surface area contributed by atoms with Crippen molar-refractivity contribution in [1.82, 2.24) is 20.5 Å². The maximum atomic E-state index is 13.1. The van der Waals surface area contributed by atoms with Crippen LogP contribution in [0.3, 0.4) is 0 Å². The van der Waals surface area contributed by atoms with Crippen LogP contribution in [0.15, 0.2) is 60.8 Å². The molecule has 3 aromatic rings. The number of nitrogens with zero attached hydrogens (tertiary/aromatic N) is 4. The average Bonchev–Trinajstić information content (AvgIpc) is 3.31. The number of amides is 2. The first-order valence-electron chi connectivity index (χ1n) is 16.0. The summed E-state index contributed by atoms with van der Waals surface area (Å²) < 4.78 is 0. The third-order valence-corrected chi connectivity index (χ3v) is 9.80. The molecule has 4 atom stereocenters. The molecule has 6 rings (SSSR count). The standard InChI is InChI=1S/C35H45N7O2/c1-23-31(6-5-7-32(23)36-3)35(44)39-27-20-29-13-14-30(21-27)42(29)33-15-10-26(22-37-33)34(43)38-24(2)25-8-11-28(12-9-25)41-18-16-40(4)17-19-41/h5-12,15,22,24,27,29-30,36H,13-14,16-21H2,1-4H3,(H,38,43)(H,39,44)/t24-,27-,29+,30-/m0/s1. The molecule has 2 bridgehead atoms. The number of anilines is 3. The van der Waals surface area contributed by atoms with Gasteiger partial charge in [-0.15, -0.1) is 0 Å². The van der Waals surface area contributed by atoms with Crippen LogP contribution >= 0.6 is 0 Å². The molecule has 3 N–H and O–H groups in total. The van der Waals surface area contributed by atoms with Gasteiger partial charge in [0.05, 0.1) is 11.6 Å². The first-order valence-corrected chi connectivity index (χ1v) is 16.0. The van der Waals surface area contributed by atoms with E-state index in [9.17, 15) is 9.59 Å². The van der Waals surface area contributed by atoms with Gasteiger partial charge < -0.3 is 30.7 Å². The van der Waals surface area contributed by atoms with Crippen LogP contribution in [0.1, 0.15) is 70.5 Å². The summed E-state index contributed by atoms with van der Waals surface area (Å²) in [7, 11) is 4.04. The predicted molar refractivity (Wildman–Crippen MR) is 177 cm³/mol. The molecule has 44 heavy (non-hydrogen) atoms. The second-order valence-corrected chi connectivity index (χ2v) is 12.6. The number of rotatable bonds is 8. The van der Waals surface area contributed by atoms with Crippen molar-refractivity contribution in [2.45, 2.75) is 63.7 Å². The van der Waals surface area contributed by atoms with Crippen LogP contribution < -0.4 is 25.8 Å². The summed E-state index contributed by atoms with van der Waals surface area (Å²) >= 11 is 0. The molecule has 9 nitrogen and oxygen atoms in total. The van der Waals surface area contributed by atoms with Gasteiger partial charge in [-0.1, -0.05) is 18.2 Å². The van der Waals surface area contributed by atoms with Crippen molar-refractivity contribution < 1.29 is 9.59 Å². The van der Waals surface area contributed by atoms with E-state index in [1.807, 2.05) is 51.2 Å². The normalized spacial score (nSPS) is 22.4. The Balaban J connectivity index is 1.03. The van der Waals surface area contributed by atoms with Crippen LogP contribution in [0.2, 0.25) is 0 Å². The van der Waals surface area contributed by atoms with Crippen LogP contribution in [0.25, 0.3) is 0 Å². The molecule has 3 fully saturated rings. The van der Waals surface area contributed by atoms with Gasteiger partial charge in [-0.25, -0.2) is 4.98 Å². The monoisotopic (exact) mass is 595 g/mol. The van der Waals surface area contributed by atoms with Gasteiger partial charge in [0.2, 0.25) is 0 Å². The van der Waals surface area contributed by atoms with E-state index in [0.717, 1.165) is 80.1 Å². The van der Waals surface area contributed by atoms with E-state index in [4.69, 9.17) is 4.98 Å². The van der Waals surface area contributed by atoms with Gasteiger partial charge in [0.15, 0.2) is 0 Å². The zero-order chi connectivity index (χ0) is 30.8. The number of carbonyl (C=O) groups is 2. The Kier molecular flexibility index (Phi) is 8.75. The topological polar surface area (TPSA) is 92.8 Å². The average molecular weight is 596 g/mol. The number of aromatic nitrogens is 1. The van der Waals surface area contributed by atoms with Crippen molar-refractivity contribution in [2.75, 3.05) is 55.4 Å². The molecule has 3 saturated heterocycles. The minimum atomic E-state index is -0.123. The summed E-state index contributed by atoms with van der Waals surface area (Å²) in [4.78, 5) is 38.2. The molecule has 1 aromatic heterocycles. The maximum Gasteiger partial charge on any atom is 0.253 e. The lowest BCUT2D eigenvalue weighted by Crippen LogP contribution is -2.50. The molecule has 2 amide bonds. The van der Waals surface area contributed by atoms with Crippen LogP contribution in [-0.4, -0.2) is 80.1 Å². The third-order valence-electron chi connectivity index (χ3n) is 9.80. The number of nitrogens with one attached hydrogen (secondary N) is 3. The van der Waals surface area contributed by atoms with Crippen molar-refractivity contribution >= 4 is 29.0 Å². The van der Waals surface area contributed by atoms with Gasteiger partial charge in [-0.2, -0.15) is 0 Å². The molecule has 0 spiro atoms. The van der Waals surface area contributed by atoms with E-state index in [0.29, 0.717) is 17.6 Å². The van der Waals surface area contributed by atoms with Gasteiger partial charge >= 0.3 is 0 Å². The number of hydrogen-bond donors (Lipinski definition) is 3. The van der Waals surface area contributed by atoms with Crippen LogP contribution in [0.5, 0.6) is 0 Å². The van der Waals surface area contributed by atoms with Gasteiger partial charge in [0, 0.05) is 74.5 Å². The van der Waals surface area contributed by atoms with E-state index >= 15 is 0 Å². The molecule has 232 valence electrons. The predicted octanol–water partition coefficient (Wildman–Crippen LogP) is 4.60. The molecule has 0 unspecified atom stereocenters. The van der Waals surface area contributed by atoms with Crippen LogP contribution in [0, 0.1) is 6.92 Å². The Labute approximate surface area is 261 Å². The summed E-state index contributed by atoms with van der Waals surface area (Å²) in [5.41, 5.74) is 5.53. The second-order valence-electron chi connectivity index (χ2n) is 12.6. The van der Waals surface area contributed by atoms with Crippen LogP contribution in [-0.2, 0) is 0 Å². The Morgan fingerprint density at radius 2 is 1.61 bits per heavy atom. The molecule has 3 aliphatic heterocycles. The highest BCUT2D eigenvalue weighted by Crippen LogP contribution is 2.38. The summed E-state index contributed by atoms with van der Waals surface area (Å²) in [6, 6.07) is 18.9. The van der Waals surface area contributed by atoms with E-state index < -0.39 is 0 Å². The lowest BCUT2D eigenvalue weighted by molar-refractivity contribution is 0.0922. The summed E-state index contributed by atoms with van der Waals surface area (Å²) in [5.74, 6) is 0.775. The lowest BCUT2D eigenvalue weighted by atomic mass is 9.96. The number of piperidine rings is 1. The number of pyridine rings is 1. The van der Waals surface area contributed by atoms with Crippen molar-refractivity contribution in [3.05, 3.63) is 83.0 Å². The number of piperazine rings is 1. The maximum absolute atomic E-state index is 13.1. The molecule has 0 radical (unpaired) electrons. The number of fused-ring (bicyclic) bond motifs is 2. The molecular formula is C35H45N7O2. The van der Waals surface area contributed by atoms with E-state index in [-0.39, 0.29) is 23.9 Å². The highest BCUT2D eigenvalue weighted by Gasteiger charge is 2.42. The van der Waals surface area contributed by atoms with Crippen LogP contribution in [0.4, 0.5) is 17.2 Å². The Bertz CT molecular complexity index is 1450. The van der Waals surface area contributed by atoms with Crippen molar-refractivity contribution in [1.29, 1.82) is 0 Å².